The molecule has 0 atom stereocenters. The Labute approximate surface area is 183 Å². The number of likely N-dealkylation sites (tertiary alicyclic amines) is 2. The van der Waals surface area contributed by atoms with Gasteiger partial charge in [0.2, 0.25) is 0 Å². The van der Waals surface area contributed by atoms with Gasteiger partial charge in [0.25, 0.3) is 5.91 Å². The summed E-state index contributed by atoms with van der Waals surface area (Å²) < 4.78 is 19.0. The molecule has 2 aliphatic rings. The maximum Gasteiger partial charge on any atom is 0.257 e. The summed E-state index contributed by atoms with van der Waals surface area (Å²) in [6.45, 7) is 4.20. The zero-order valence-electron chi connectivity index (χ0n) is 18.1. The number of aromatic nitrogens is 1. The number of pyridine rings is 1. The number of carbonyl (C=O) groups is 1. The highest BCUT2D eigenvalue weighted by Crippen LogP contribution is 2.23. The lowest BCUT2D eigenvalue weighted by Gasteiger charge is -2.33. The van der Waals surface area contributed by atoms with E-state index in [4.69, 9.17) is 4.74 Å². The van der Waals surface area contributed by atoms with Crippen LogP contribution in [0.2, 0.25) is 0 Å². The highest BCUT2D eigenvalue weighted by atomic mass is 19.1. The molecule has 1 aromatic heterocycles. The van der Waals surface area contributed by atoms with E-state index in [1.807, 2.05) is 23.1 Å². The van der Waals surface area contributed by atoms with Gasteiger partial charge in [-0.05, 0) is 61.9 Å². The molecular weight excluding hydrogens is 395 g/mol. The number of carbonyl (C=O) groups excluding carboxylic acids is 1. The molecule has 7 heteroatoms. The molecule has 0 unspecified atom stereocenters. The molecule has 1 amide bonds. The predicted molar refractivity (Wildman–Crippen MR) is 119 cm³/mol. The zero-order chi connectivity index (χ0) is 21.6. The Morgan fingerprint density at radius 2 is 1.94 bits per heavy atom. The van der Waals surface area contributed by atoms with Crippen molar-refractivity contribution in [1.82, 2.24) is 14.8 Å². The van der Waals surface area contributed by atoms with Gasteiger partial charge >= 0.3 is 0 Å². The second kappa shape index (κ2) is 10.1. The van der Waals surface area contributed by atoms with Crippen LogP contribution in [0.3, 0.4) is 0 Å². The molecule has 0 spiro atoms. The van der Waals surface area contributed by atoms with E-state index in [2.05, 4.69) is 15.2 Å². The lowest BCUT2D eigenvalue weighted by Crippen LogP contribution is -2.40. The first-order valence-corrected chi connectivity index (χ1v) is 11.2. The summed E-state index contributed by atoms with van der Waals surface area (Å²) in [5, 5.41) is 3.52. The van der Waals surface area contributed by atoms with E-state index in [0.29, 0.717) is 11.4 Å². The summed E-state index contributed by atoms with van der Waals surface area (Å²) in [6.07, 6.45) is 6.99. The minimum Gasteiger partial charge on any atom is -0.494 e. The van der Waals surface area contributed by atoms with Crippen molar-refractivity contribution in [1.29, 1.82) is 0 Å². The van der Waals surface area contributed by atoms with Crippen LogP contribution in [0, 0.1) is 5.82 Å². The van der Waals surface area contributed by atoms with Crippen LogP contribution < -0.4 is 10.1 Å². The molecule has 3 heterocycles. The molecule has 1 N–H and O–H groups in total. The average molecular weight is 427 g/mol. The molecule has 0 radical (unpaired) electrons. The molecular formula is C24H31FN4O2. The number of nitrogens with zero attached hydrogens (tertiary/aromatic N) is 3. The third-order valence-corrected chi connectivity index (χ3v) is 6.23. The normalized spacial score (nSPS) is 18.1. The van der Waals surface area contributed by atoms with Gasteiger partial charge in [0, 0.05) is 45.0 Å². The number of nitrogens with one attached hydrogen (secondary N) is 1. The van der Waals surface area contributed by atoms with Gasteiger partial charge in [0.05, 0.1) is 12.7 Å². The van der Waals surface area contributed by atoms with Crippen molar-refractivity contribution in [2.45, 2.75) is 44.7 Å². The Balaban J connectivity index is 1.33. The van der Waals surface area contributed by atoms with Gasteiger partial charge in [-0.25, -0.2) is 9.37 Å². The fourth-order valence-corrected chi connectivity index (χ4v) is 4.46. The molecule has 4 rings (SSSR count). The molecule has 2 fully saturated rings. The lowest BCUT2D eigenvalue weighted by atomic mass is 10.0. The maximum absolute atomic E-state index is 14.0. The third kappa shape index (κ3) is 5.34. The molecule has 6 nitrogen and oxygen atoms in total. The number of piperidine rings is 2. The number of halogens is 1. The Morgan fingerprint density at radius 1 is 1.16 bits per heavy atom. The van der Waals surface area contributed by atoms with Crippen LogP contribution in [0.1, 0.15) is 48.0 Å². The fourth-order valence-electron chi connectivity index (χ4n) is 4.46. The van der Waals surface area contributed by atoms with Gasteiger partial charge in [-0.1, -0.05) is 6.07 Å². The summed E-state index contributed by atoms with van der Waals surface area (Å²) >= 11 is 0. The van der Waals surface area contributed by atoms with Crippen molar-refractivity contribution in [2.75, 3.05) is 38.6 Å². The first-order valence-electron chi connectivity index (χ1n) is 11.2. The number of amides is 1. The van der Waals surface area contributed by atoms with Gasteiger partial charge in [0.15, 0.2) is 11.6 Å². The van der Waals surface area contributed by atoms with Crippen LogP contribution in [0.15, 0.2) is 36.5 Å². The van der Waals surface area contributed by atoms with Crippen LogP contribution in [-0.2, 0) is 6.54 Å². The zero-order valence-corrected chi connectivity index (χ0v) is 18.1. The SMILES string of the molecule is COc1ccc(CN2CCC(Nc3ncccc3C(=O)N3CCCCC3)CC2)cc1F. The first kappa shape index (κ1) is 21.6. The number of benzene rings is 1. The number of anilines is 1. The first-order chi connectivity index (χ1) is 15.1. The van der Waals surface area contributed by atoms with E-state index in [9.17, 15) is 9.18 Å². The van der Waals surface area contributed by atoms with Crippen LogP contribution in [-0.4, -0.2) is 60.0 Å². The highest BCUT2D eigenvalue weighted by molar-refractivity contribution is 5.98. The Morgan fingerprint density at radius 3 is 2.65 bits per heavy atom. The monoisotopic (exact) mass is 426 g/mol. The van der Waals surface area contributed by atoms with Crippen LogP contribution in [0.4, 0.5) is 10.2 Å². The van der Waals surface area contributed by atoms with Crippen molar-refractivity contribution in [2.24, 2.45) is 0 Å². The van der Waals surface area contributed by atoms with Crippen LogP contribution in [0.25, 0.3) is 0 Å². The minimum absolute atomic E-state index is 0.0780. The van der Waals surface area contributed by atoms with E-state index in [0.717, 1.165) is 64.0 Å². The summed E-state index contributed by atoms with van der Waals surface area (Å²) in [6, 6.07) is 9.12. The minimum atomic E-state index is -0.322. The molecule has 1 aromatic carbocycles. The van der Waals surface area contributed by atoms with Crippen LogP contribution in [0.5, 0.6) is 5.75 Å². The Kier molecular flexibility index (Phi) is 7.02. The molecule has 0 bridgehead atoms. The second-order valence-corrected chi connectivity index (χ2v) is 8.42. The summed E-state index contributed by atoms with van der Waals surface area (Å²) in [4.78, 5) is 21.7. The Bertz CT molecular complexity index is 893. The fraction of sp³-hybridized carbons (Fsp3) is 0.500. The number of ether oxygens (including phenoxy) is 1. The lowest BCUT2D eigenvalue weighted by molar-refractivity contribution is 0.0725. The molecule has 0 saturated carbocycles. The third-order valence-electron chi connectivity index (χ3n) is 6.23. The molecule has 2 aliphatic heterocycles. The molecule has 31 heavy (non-hydrogen) atoms. The number of hydrogen-bond acceptors (Lipinski definition) is 5. The summed E-state index contributed by atoms with van der Waals surface area (Å²) in [5.41, 5.74) is 1.62. The number of methoxy groups -OCH3 is 1. The van der Waals surface area contributed by atoms with E-state index < -0.39 is 0 Å². The topological polar surface area (TPSA) is 57.7 Å². The highest BCUT2D eigenvalue weighted by Gasteiger charge is 2.24. The van der Waals surface area contributed by atoms with Gasteiger partial charge in [-0.15, -0.1) is 0 Å². The predicted octanol–water partition coefficient (Wildman–Crippen LogP) is 3.93. The van der Waals surface area contributed by atoms with E-state index >= 15 is 0 Å². The summed E-state index contributed by atoms with van der Waals surface area (Å²) in [5.74, 6) is 0.720. The smallest absolute Gasteiger partial charge is 0.257 e. The van der Waals surface area contributed by atoms with Crippen LogP contribution >= 0.6 is 0 Å². The van der Waals surface area contributed by atoms with E-state index in [-0.39, 0.29) is 23.5 Å². The summed E-state index contributed by atoms with van der Waals surface area (Å²) in [7, 11) is 1.48. The van der Waals surface area contributed by atoms with Crippen molar-refractivity contribution >= 4 is 11.7 Å². The van der Waals surface area contributed by atoms with Gasteiger partial charge in [-0.3, -0.25) is 9.69 Å². The standard InChI is InChI=1S/C24H31FN4O2/c1-31-22-8-7-18(16-21(22)25)17-28-14-9-19(10-15-28)27-23-20(6-5-11-26-23)24(30)29-12-3-2-4-13-29/h5-8,11,16,19H,2-4,9-10,12-15,17H2,1H3,(H,26,27). The van der Waals surface area contributed by atoms with E-state index in [1.54, 1.807) is 18.3 Å². The molecule has 166 valence electrons. The van der Waals surface area contributed by atoms with Crippen molar-refractivity contribution in [3.63, 3.8) is 0 Å². The average Bonchev–Trinajstić information content (AvgIpc) is 2.81. The number of hydrogen-bond donors (Lipinski definition) is 1. The largest absolute Gasteiger partial charge is 0.494 e. The van der Waals surface area contributed by atoms with Gasteiger partial charge in [-0.2, -0.15) is 0 Å². The van der Waals surface area contributed by atoms with Crippen molar-refractivity contribution < 1.29 is 13.9 Å². The quantitative estimate of drug-likeness (QED) is 0.759. The maximum atomic E-state index is 14.0. The van der Waals surface area contributed by atoms with Gasteiger partial charge in [0.1, 0.15) is 5.82 Å². The van der Waals surface area contributed by atoms with Gasteiger partial charge < -0.3 is 15.0 Å². The molecule has 0 aliphatic carbocycles. The molecule has 2 saturated heterocycles. The Hall–Kier alpha value is -2.67. The van der Waals surface area contributed by atoms with E-state index in [1.165, 1.54) is 13.5 Å². The second-order valence-electron chi connectivity index (χ2n) is 8.42. The molecule has 2 aromatic rings. The van der Waals surface area contributed by atoms with Crippen molar-refractivity contribution in [3.05, 3.63) is 53.5 Å². The number of rotatable bonds is 6. The van der Waals surface area contributed by atoms with Crippen molar-refractivity contribution in [3.8, 4) is 5.75 Å².